The van der Waals surface area contributed by atoms with Crippen LogP contribution in [0.1, 0.15) is 45.4 Å². The second-order valence-electron chi connectivity index (χ2n) is 5.16. The molecule has 2 rings (SSSR count). The van der Waals surface area contributed by atoms with Crippen LogP contribution in [-0.2, 0) is 0 Å². The van der Waals surface area contributed by atoms with Crippen LogP contribution in [0.3, 0.4) is 0 Å². The van der Waals surface area contributed by atoms with Gasteiger partial charge in [-0.2, -0.15) is 0 Å². The van der Waals surface area contributed by atoms with E-state index in [1.165, 1.54) is 57.0 Å². The van der Waals surface area contributed by atoms with Gasteiger partial charge in [0.1, 0.15) is 5.12 Å². The minimum Gasteiger partial charge on any atom is -0.0783 e. The van der Waals surface area contributed by atoms with E-state index in [0.29, 0.717) is 5.12 Å². The van der Waals surface area contributed by atoms with Crippen molar-refractivity contribution in [2.45, 2.75) is 50.6 Å². The van der Waals surface area contributed by atoms with Gasteiger partial charge in [0, 0.05) is 13.2 Å². The lowest BCUT2D eigenvalue weighted by atomic mass is 10.0. The van der Waals surface area contributed by atoms with Crippen molar-refractivity contribution in [3.63, 3.8) is 0 Å². The number of hydrogen-bond donors (Lipinski definition) is 0. The summed E-state index contributed by atoms with van der Waals surface area (Å²) >= 11 is 6.73. The maximum atomic E-state index is 6.73. The van der Waals surface area contributed by atoms with Gasteiger partial charge in [-0.15, -0.1) is 0 Å². The lowest BCUT2D eigenvalue weighted by Crippen LogP contribution is -2.11. The van der Waals surface area contributed by atoms with E-state index < -0.39 is 7.26 Å². The fourth-order valence-electron chi connectivity index (χ4n) is 3.31. The molecule has 0 radical (unpaired) electrons. The van der Waals surface area contributed by atoms with Crippen molar-refractivity contribution in [2.24, 2.45) is 5.92 Å². The number of unbranched alkanes of at least 4 members (excludes halogenated alkanes) is 1. The average molecular weight is 234 g/mol. The van der Waals surface area contributed by atoms with E-state index in [1.807, 2.05) is 0 Å². The summed E-state index contributed by atoms with van der Waals surface area (Å²) in [5.74, 6) is 0.892. The van der Waals surface area contributed by atoms with Crippen LogP contribution in [0.5, 0.6) is 0 Å². The monoisotopic (exact) mass is 233 g/mol. The molecule has 2 aliphatic rings. The molecule has 0 aliphatic carbocycles. The molecule has 2 heteroatoms. The van der Waals surface area contributed by atoms with Gasteiger partial charge in [0.2, 0.25) is 0 Å². The molecule has 0 saturated carbocycles. The summed E-state index contributed by atoms with van der Waals surface area (Å²) in [4.78, 5) is 0. The summed E-state index contributed by atoms with van der Waals surface area (Å²) in [6.07, 6.45) is 13.2. The Bertz CT molecular complexity index is 187. The Hall–Kier alpha value is 0.720. The highest BCUT2D eigenvalue weighted by Crippen LogP contribution is 2.75. The van der Waals surface area contributed by atoms with Gasteiger partial charge in [0.15, 0.2) is 0 Å². The van der Waals surface area contributed by atoms with Crippen LogP contribution < -0.4 is 0 Å². The lowest BCUT2D eigenvalue weighted by molar-refractivity contribution is 0.500. The predicted molar refractivity (Wildman–Crippen MR) is 68.0 cm³/mol. The zero-order valence-electron chi connectivity index (χ0n) is 9.34. The average Bonchev–Trinajstić information content (AvgIpc) is 2.77. The molecule has 1 spiro atoms. The van der Waals surface area contributed by atoms with E-state index in [2.05, 4.69) is 6.92 Å². The first-order valence-electron chi connectivity index (χ1n) is 6.28. The first-order valence-corrected chi connectivity index (χ1v) is 9.13. The van der Waals surface area contributed by atoms with Crippen molar-refractivity contribution in [3.8, 4) is 0 Å². The van der Waals surface area contributed by atoms with E-state index in [1.54, 1.807) is 0 Å². The molecule has 0 bridgehead atoms. The first kappa shape index (κ1) is 11.2. The molecule has 2 unspecified atom stereocenters. The molecular weight excluding hydrogens is 211 g/mol. The molecule has 2 aliphatic heterocycles. The highest BCUT2D eigenvalue weighted by atomic mass is 35.5. The first-order chi connectivity index (χ1) is 6.78. The maximum absolute atomic E-state index is 6.73. The topological polar surface area (TPSA) is 0 Å². The largest absolute Gasteiger partial charge is 0.145 e. The second-order valence-corrected chi connectivity index (χ2v) is 10.3. The van der Waals surface area contributed by atoms with E-state index in [-0.39, 0.29) is 0 Å². The summed E-state index contributed by atoms with van der Waals surface area (Å²) in [5, 5.41) is 0.622. The van der Waals surface area contributed by atoms with Crippen LogP contribution in [0.4, 0.5) is 0 Å². The molecule has 82 valence electrons. The molecule has 2 fully saturated rings. The molecule has 2 atom stereocenters. The van der Waals surface area contributed by atoms with Gasteiger partial charge in [-0.05, 0) is 25.7 Å². The summed E-state index contributed by atoms with van der Waals surface area (Å²) in [7, 11) is -0.619. The second kappa shape index (κ2) is 4.71. The molecular formula is C12H23ClP+. The molecule has 0 N–H and O–H groups in total. The smallest absolute Gasteiger partial charge is 0.0783 e. The molecule has 0 nitrogen and oxygen atoms in total. The van der Waals surface area contributed by atoms with E-state index in [9.17, 15) is 0 Å². The third-order valence-corrected chi connectivity index (χ3v) is 10.9. The fourth-order valence-corrected chi connectivity index (χ4v) is 9.60. The van der Waals surface area contributed by atoms with Crippen molar-refractivity contribution in [1.29, 1.82) is 0 Å². The highest BCUT2D eigenvalue weighted by Gasteiger charge is 2.54. The number of halogens is 1. The lowest BCUT2D eigenvalue weighted by Gasteiger charge is -2.22. The Kier molecular flexibility index (Phi) is 3.77. The number of rotatable bonds is 3. The Balaban J connectivity index is 1.92. The predicted octanol–water partition coefficient (Wildman–Crippen LogP) is 4.57. The van der Waals surface area contributed by atoms with Gasteiger partial charge in [-0.3, -0.25) is 0 Å². The molecule has 0 aromatic carbocycles. The molecule has 0 amide bonds. The van der Waals surface area contributed by atoms with Crippen LogP contribution in [0, 0.1) is 5.92 Å². The molecule has 14 heavy (non-hydrogen) atoms. The zero-order chi connectivity index (χ0) is 10.0. The van der Waals surface area contributed by atoms with Crippen molar-refractivity contribution in [2.75, 3.05) is 18.5 Å². The Morgan fingerprint density at radius 3 is 2.57 bits per heavy atom. The highest BCUT2D eigenvalue weighted by molar-refractivity contribution is 7.78. The van der Waals surface area contributed by atoms with Crippen LogP contribution >= 0.6 is 18.9 Å². The van der Waals surface area contributed by atoms with Gasteiger partial charge < -0.3 is 0 Å². The van der Waals surface area contributed by atoms with Crippen LogP contribution in [0.15, 0.2) is 0 Å². The zero-order valence-corrected chi connectivity index (χ0v) is 11.0. The minimum atomic E-state index is -0.619. The van der Waals surface area contributed by atoms with Crippen LogP contribution in [-0.4, -0.2) is 23.6 Å². The van der Waals surface area contributed by atoms with Gasteiger partial charge in [-0.1, -0.05) is 31.4 Å². The Morgan fingerprint density at radius 2 is 1.93 bits per heavy atom. The van der Waals surface area contributed by atoms with E-state index in [4.69, 9.17) is 11.6 Å². The maximum Gasteiger partial charge on any atom is 0.145 e. The summed E-state index contributed by atoms with van der Waals surface area (Å²) in [5.41, 5.74) is 0. The van der Waals surface area contributed by atoms with Gasteiger partial charge in [-0.25, -0.2) is 0 Å². The van der Waals surface area contributed by atoms with E-state index in [0.717, 1.165) is 5.92 Å². The molecule has 2 saturated heterocycles. The number of alkyl halides is 1. The van der Waals surface area contributed by atoms with Gasteiger partial charge >= 0.3 is 0 Å². The molecule has 2 heterocycles. The summed E-state index contributed by atoms with van der Waals surface area (Å²) < 4.78 is 0. The molecule has 0 aromatic rings. The van der Waals surface area contributed by atoms with E-state index >= 15 is 0 Å². The fraction of sp³-hybridized carbons (Fsp3) is 1.00. The van der Waals surface area contributed by atoms with Gasteiger partial charge in [0.05, 0.1) is 18.5 Å². The SMILES string of the molecule is CCCCC1CC[P+]2(CCCC2)C1Cl. The minimum absolute atomic E-state index is 0.619. The van der Waals surface area contributed by atoms with Crippen LogP contribution in [0.2, 0.25) is 0 Å². The Labute approximate surface area is 94.1 Å². The van der Waals surface area contributed by atoms with Crippen LogP contribution in [0.25, 0.3) is 0 Å². The normalized spacial score (nSPS) is 35.6. The van der Waals surface area contributed by atoms with Gasteiger partial charge in [0.25, 0.3) is 0 Å². The van der Waals surface area contributed by atoms with Crippen molar-refractivity contribution in [3.05, 3.63) is 0 Å². The third-order valence-electron chi connectivity index (χ3n) is 4.24. The summed E-state index contributed by atoms with van der Waals surface area (Å²) in [6.45, 7) is 2.29. The summed E-state index contributed by atoms with van der Waals surface area (Å²) in [6, 6.07) is 0. The number of hydrogen-bond acceptors (Lipinski definition) is 0. The third kappa shape index (κ3) is 1.98. The molecule has 0 aromatic heterocycles. The van der Waals surface area contributed by atoms with Crippen molar-refractivity contribution < 1.29 is 0 Å². The van der Waals surface area contributed by atoms with Crippen molar-refractivity contribution >= 4 is 18.9 Å². The standard InChI is InChI=1S/C12H23ClP/c1-2-3-6-11-7-10-14(12(11)13)8-4-5-9-14/h11-12H,2-10H2,1H3/q+1. The Morgan fingerprint density at radius 1 is 1.21 bits per heavy atom. The van der Waals surface area contributed by atoms with Crippen molar-refractivity contribution in [1.82, 2.24) is 0 Å². The quantitative estimate of drug-likeness (QED) is 0.495.